The first-order chi connectivity index (χ1) is 13.2. The molecule has 1 aromatic heterocycles. The third kappa shape index (κ3) is 3.52. The molecule has 1 aliphatic heterocycles. The van der Waals surface area contributed by atoms with Gasteiger partial charge in [-0.15, -0.1) is 11.3 Å². The second-order valence-corrected chi connectivity index (χ2v) is 8.14. The summed E-state index contributed by atoms with van der Waals surface area (Å²) < 4.78 is 11.7. The van der Waals surface area contributed by atoms with E-state index in [0.29, 0.717) is 22.1 Å². The fourth-order valence-electron chi connectivity index (χ4n) is 3.72. The van der Waals surface area contributed by atoms with E-state index in [1.165, 1.54) is 29.1 Å². The highest BCUT2D eigenvalue weighted by atomic mass is 32.1. The number of thiophene rings is 1. The van der Waals surface area contributed by atoms with E-state index >= 15 is 0 Å². The molecule has 4 rings (SSSR count). The number of anilines is 1. The van der Waals surface area contributed by atoms with Crippen molar-refractivity contribution in [1.82, 2.24) is 0 Å². The average Bonchev–Trinajstić information content (AvgIpc) is 2.96. The van der Waals surface area contributed by atoms with Crippen LogP contribution in [0.1, 0.15) is 48.6 Å². The molecular weight excluding hydrogens is 360 g/mol. The summed E-state index contributed by atoms with van der Waals surface area (Å²) in [6.45, 7) is 1.82. The quantitative estimate of drug-likeness (QED) is 0.833. The second-order valence-electron chi connectivity index (χ2n) is 7.03. The van der Waals surface area contributed by atoms with Gasteiger partial charge in [-0.25, -0.2) is 0 Å². The van der Waals surface area contributed by atoms with Crippen LogP contribution >= 0.6 is 11.3 Å². The van der Waals surface area contributed by atoms with Gasteiger partial charge in [0.05, 0.1) is 5.56 Å². The molecule has 1 aliphatic carbocycles. The lowest BCUT2D eigenvalue weighted by Gasteiger charge is -2.30. The lowest BCUT2D eigenvalue weighted by atomic mass is 9.97. The number of rotatable bonds is 2. The van der Waals surface area contributed by atoms with Crippen LogP contribution in [-0.4, -0.2) is 18.1 Å². The summed E-state index contributed by atoms with van der Waals surface area (Å²) in [5.41, 5.74) is 1.74. The SMILES string of the molecule is CC1Oc2ccccc2OC1C(=O)Nc1sc2c(c1C#N)CCCCCC2. The minimum atomic E-state index is -0.754. The monoisotopic (exact) mass is 382 g/mol. The normalized spacial score (nSPS) is 21.3. The number of hydrogen-bond acceptors (Lipinski definition) is 5. The van der Waals surface area contributed by atoms with Crippen LogP contribution in [0.2, 0.25) is 0 Å². The second kappa shape index (κ2) is 7.61. The van der Waals surface area contributed by atoms with Crippen molar-refractivity contribution in [2.75, 3.05) is 5.32 Å². The zero-order valence-corrected chi connectivity index (χ0v) is 16.1. The van der Waals surface area contributed by atoms with Crippen molar-refractivity contribution in [2.24, 2.45) is 0 Å². The number of fused-ring (bicyclic) bond motifs is 2. The highest BCUT2D eigenvalue weighted by Crippen LogP contribution is 2.38. The minimum Gasteiger partial charge on any atom is -0.482 e. The summed E-state index contributed by atoms with van der Waals surface area (Å²) in [4.78, 5) is 14.1. The zero-order chi connectivity index (χ0) is 18.8. The van der Waals surface area contributed by atoms with Gasteiger partial charge in [0.2, 0.25) is 6.10 Å². The summed E-state index contributed by atoms with van der Waals surface area (Å²) in [6, 6.07) is 9.65. The van der Waals surface area contributed by atoms with Crippen molar-refractivity contribution < 1.29 is 14.3 Å². The van der Waals surface area contributed by atoms with Crippen molar-refractivity contribution in [3.8, 4) is 17.6 Å². The fraction of sp³-hybridized carbons (Fsp3) is 0.429. The maximum absolute atomic E-state index is 12.9. The van der Waals surface area contributed by atoms with Gasteiger partial charge in [0.1, 0.15) is 17.2 Å². The van der Waals surface area contributed by atoms with E-state index in [9.17, 15) is 10.1 Å². The molecule has 5 nitrogen and oxygen atoms in total. The molecule has 2 atom stereocenters. The first kappa shape index (κ1) is 17.9. The standard InChI is InChI=1S/C21H22N2O3S/c1-13-19(26-17-10-7-6-9-16(17)25-13)20(24)23-21-15(12-22)14-8-4-2-3-5-11-18(14)27-21/h6-7,9-10,13,19H,2-5,8,11H2,1H3,(H,23,24). The summed E-state index contributed by atoms with van der Waals surface area (Å²) in [5, 5.41) is 13.3. The largest absolute Gasteiger partial charge is 0.482 e. The van der Waals surface area contributed by atoms with Gasteiger partial charge in [0.15, 0.2) is 11.5 Å². The number of para-hydroxylation sites is 2. The number of amides is 1. The molecule has 2 heterocycles. The Morgan fingerprint density at radius 1 is 1.15 bits per heavy atom. The summed E-state index contributed by atoms with van der Waals surface area (Å²) in [5.74, 6) is 0.934. The van der Waals surface area contributed by atoms with Crippen LogP contribution in [-0.2, 0) is 17.6 Å². The predicted octanol–water partition coefficient (Wildman–Crippen LogP) is 4.45. The van der Waals surface area contributed by atoms with Crippen LogP contribution in [0.4, 0.5) is 5.00 Å². The third-order valence-corrected chi connectivity index (χ3v) is 6.33. The molecule has 0 saturated carbocycles. The first-order valence-electron chi connectivity index (χ1n) is 9.45. The molecule has 0 saturated heterocycles. The van der Waals surface area contributed by atoms with Gasteiger partial charge >= 0.3 is 0 Å². The van der Waals surface area contributed by atoms with Crippen molar-refractivity contribution in [2.45, 2.75) is 57.7 Å². The number of aryl methyl sites for hydroxylation is 1. The molecular formula is C21H22N2O3S. The maximum atomic E-state index is 12.9. The maximum Gasteiger partial charge on any atom is 0.270 e. The summed E-state index contributed by atoms with van der Waals surface area (Å²) >= 11 is 1.54. The Kier molecular flexibility index (Phi) is 5.04. The number of nitrogens with zero attached hydrogens (tertiary/aromatic N) is 1. The van der Waals surface area contributed by atoms with Crippen LogP contribution in [0.15, 0.2) is 24.3 Å². The van der Waals surface area contributed by atoms with Gasteiger partial charge < -0.3 is 14.8 Å². The van der Waals surface area contributed by atoms with Crippen molar-refractivity contribution >= 4 is 22.2 Å². The molecule has 0 fully saturated rings. The number of benzene rings is 1. The number of nitrogens with one attached hydrogen (secondary N) is 1. The van der Waals surface area contributed by atoms with Crippen LogP contribution in [0.3, 0.4) is 0 Å². The molecule has 6 heteroatoms. The van der Waals surface area contributed by atoms with E-state index in [-0.39, 0.29) is 5.91 Å². The van der Waals surface area contributed by atoms with Gasteiger partial charge in [-0.05, 0) is 50.3 Å². The van der Waals surface area contributed by atoms with Crippen molar-refractivity contribution in [1.29, 1.82) is 5.26 Å². The molecule has 0 bridgehead atoms. The van der Waals surface area contributed by atoms with E-state index in [0.717, 1.165) is 31.2 Å². The lowest BCUT2D eigenvalue weighted by Crippen LogP contribution is -2.46. The van der Waals surface area contributed by atoms with Crippen LogP contribution in [0.5, 0.6) is 11.5 Å². The molecule has 27 heavy (non-hydrogen) atoms. The molecule has 1 aromatic carbocycles. The number of carbonyl (C=O) groups is 1. The Morgan fingerprint density at radius 3 is 2.59 bits per heavy atom. The average molecular weight is 382 g/mol. The van der Waals surface area contributed by atoms with Gasteiger partial charge in [-0.3, -0.25) is 4.79 Å². The first-order valence-corrected chi connectivity index (χ1v) is 10.3. The van der Waals surface area contributed by atoms with E-state index < -0.39 is 12.2 Å². The summed E-state index contributed by atoms with van der Waals surface area (Å²) in [7, 11) is 0. The highest BCUT2D eigenvalue weighted by Gasteiger charge is 2.35. The molecule has 1 amide bonds. The molecule has 2 aliphatic rings. The molecule has 1 N–H and O–H groups in total. The smallest absolute Gasteiger partial charge is 0.270 e. The van der Waals surface area contributed by atoms with E-state index in [4.69, 9.17) is 9.47 Å². The van der Waals surface area contributed by atoms with E-state index in [1.807, 2.05) is 25.1 Å². The van der Waals surface area contributed by atoms with Gasteiger partial charge in [-0.1, -0.05) is 25.0 Å². The van der Waals surface area contributed by atoms with Gasteiger partial charge in [-0.2, -0.15) is 5.26 Å². The van der Waals surface area contributed by atoms with Crippen LogP contribution in [0.25, 0.3) is 0 Å². The molecule has 2 aromatic rings. The molecule has 2 unspecified atom stereocenters. The molecule has 0 spiro atoms. The molecule has 0 radical (unpaired) electrons. The minimum absolute atomic E-state index is 0.275. The number of hydrogen-bond donors (Lipinski definition) is 1. The van der Waals surface area contributed by atoms with Crippen LogP contribution < -0.4 is 14.8 Å². The van der Waals surface area contributed by atoms with E-state index in [1.54, 1.807) is 6.07 Å². The fourth-order valence-corrected chi connectivity index (χ4v) is 4.96. The lowest BCUT2D eigenvalue weighted by molar-refractivity contribution is -0.127. The summed E-state index contributed by atoms with van der Waals surface area (Å²) in [6.07, 6.45) is 5.40. The van der Waals surface area contributed by atoms with E-state index in [2.05, 4.69) is 11.4 Å². The Bertz CT molecular complexity index is 899. The van der Waals surface area contributed by atoms with Crippen molar-refractivity contribution in [3.63, 3.8) is 0 Å². The number of nitriles is 1. The van der Waals surface area contributed by atoms with Gasteiger partial charge in [0.25, 0.3) is 5.91 Å². The van der Waals surface area contributed by atoms with Crippen molar-refractivity contribution in [3.05, 3.63) is 40.3 Å². The Morgan fingerprint density at radius 2 is 1.85 bits per heavy atom. The van der Waals surface area contributed by atoms with Gasteiger partial charge in [0, 0.05) is 4.88 Å². The number of carbonyl (C=O) groups excluding carboxylic acids is 1. The van der Waals surface area contributed by atoms with Crippen LogP contribution in [0, 0.1) is 11.3 Å². The Hall–Kier alpha value is -2.52. The predicted molar refractivity (Wildman–Crippen MR) is 104 cm³/mol. The zero-order valence-electron chi connectivity index (χ0n) is 15.3. The highest BCUT2D eigenvalue weighted by molar-refractivity contribution is 7.16. The Balaban J connectivity index is 1.56. The Labute approximate surface area is 162 Å². The third-order valence-electron chi connectivity index (χ3n) is 5.12. The number of ether oxygens (including phenoxy) is 2. The molecule has 140 valence electrons. The topological polar surface area (TPSA) is 71.3 Å².